The lowest BCUT2D eigenvalue weighted by Crippen LogP contribution is -2.37. The van der Waals surface area contributed by atoms with Crippen molar-refractivity contribution in [2.45, 2.75) is 13.0 Å². The molecule has 4 heterocycles. The number of nitrogens with zero attached hydrogens (tertiary/aromatic N) is 5. The average Bonchev–Trinajstić information content (AvgIpc) is 3.19. The normalized spacial score (nSPS) is 18.5. The van der Waals surface area contributed by atoms with Crippen molar-refractivity contribution in [2.75, 3.05) is 38.6 Å². The van der Waals surface area contributed by atoms with Crippen molar-refractivity contribution in [2.24, 2.45) is 4.99 Å². The molecule has 0 amide bonds. The molecule has 0 aliphatic carbocycles. The highest BCUT2D eigenvalue weighted by Gasteiger charge is 2.17. The van der Waals surface area contributed by atoms with Crippen LogP contribution in [0.2, 0.25) is 0 Å². The van der Waals surface area contributed by atoms with Crippen LogP contribution >= 0.6 is 0 Å². The number of pyridine rings is 1. The second-order valence-electron chi connectivity index (χ2n) is 6.37. The summed E-state index contributed by atoms with van der Waals surface area (Å²) >= 11 is 0. The summed E-state index contributed by atoms with van der Waals surface area (Å²) in [6, 6.07) is 3.81. The molecule has 0 saturated carbocycles. The maximum atomic E-state index is 10.5. The van der Waals surface area contributed by atoms with Gasteiger partial charge in [0, 0.05) is 49.7 Å². The van der Waals surface area contributed by atoms with Crippen LogP contribution in [0.25, 0.3) is 11.6 Å². The molecule has 2 aromatic rings. The molecule has 136 valence electrons. The molecule has 2 aromatic heterocycles. The molecule has 0 unspecified atom stereocenters. The van der Waals surface area contributed by atoms with E-state index in [1.165, 1.54) is 0 Å². The fraction of sp³-hybridized carbons (Fsp3) is 0.389. The summed E-state index contributed by atoms with van der Waals surface area (Å²) in [7, 11) is 0. The van der Waals surface area contributed by atoms with Gasteiger partial charge in [-0.2, -0.15) is 0 Å². The van der Waals surface area contributed by atoms with E-state index >= 15 is 0 Å². The van der Waals surface area contributed by atoms with E-state index in [9.17, 15) is 5.11 Å². The number of rotatable bonds is 5. The number of hydrogen-bond acceptors (Lipinski definition) is 7. The fourth-order valence-electron chi connectivity index (χ4n) is 3.26. The number of allylic oxidation sites excluding steroid dienone is 1. The number of morpholine rings is 1. The summed E-state index contributed by atoms with van der Waals surface area (Å²) in [6.45, 7) is 5.05. The van der Waals surface area contributed by atoms with Crippen molar-refractivity contribution in [1.29, 1.82) is 0 Å². The summed E-state index contributed by atoms with van der Waals surface area (Å²) in [6.07, 6.45) is 6.11. The first-order valence-corrected chi connectivity index (χ1v) is 8.78. The van der Waals surface area contributed by atoms with E-state index in [2.05, 4.69) is 19.9 Å². The smallest absolute Gasteiger partial charge is 0.220 e. The minimum atomic E-state index is 0.0858. The van der Waals surface area contributed by atoms with Gasteiger partial charge in [-0.15, -0.1) is 0 Å². The zero-order valence-corrected chi connectivity index (χ0v) is 14.5. The van der Waals surface area contributed by atoms with Crippen LogP contribution in [0.4, 0.5) is 11.8 Å². The molecule has 2 aliphatic rings. The van der Waals surface area contributed by atoms with E-state index in [0.29, 0.717) is 24.0 Å². The third-order valence-corrected chi connectivity index (χ3v) is 4.67. The SMILES string of the molecule is Nc1nc(C=C2C=Nc3ncccc32)c(O)n1CCCN1CCOCC1. The van der Waals surface area contributed by atoms with Crippen LogP contribution in [0.1, 0.15) is 17.7 Å². The van der Waals surface area contributed by atoms with Gasteiger partial charge in [0.2, 0.25) is 11.8 Å². The highest BCUT2D eigenvalue weighted by Crippen LogP contribution is 2.32. The Morgan fingerprint density at radius 1 is 1.27 bits per heavy atom. The maximum absolute atomic E-state index is 10.5. The Bertz CT molecular complexity index is 851. The molecule has 2 aliphatic heterocycles. The summed E-state index contributed by atoms with van der Waals surface area (Å²) < 4.78 is 7.01. The molecule has 0 radical (unpaired) electrons. The van der Waals surface area contributed by atoms with Crippen LogP contribution in [0.5, 0.6) is 5.88 Å². The third kappa shape index (κ3) is 3.33. The zero-order chi connectivity index (χ0) is 17.9. The fourth-order valence-corrected chi connectivity index (χ4v) is 3.26. The van der Waals surface area contributed by atoms with E-state index in [-0.39, 0.29) is 5.88 Å². The first kappa shape index (κ1) is 16.7. The molecule has 1 saturated heterocycles. The Morgan fingerprint density at radius 3 is 2.96 bits per heavy atom. The molecular formula is C18H22N6O2. The van der Waals surface area contributed by atoms with Gasteiger partial charge in [0.25, 0.3) is 0 Å². The van der Waals surface area contributed by atoms with Gasteiger partial charge >= 0.3 is 0 Å². The second-order valence-corrected chi connectivity index (χ2v) is 6.37. The summed E-state index contributed by atoms with van der Waals surface area (Å²) in [5, 5.41) is 10.5. The largest absolute Gasteiger partial charge is 0.493 e. The summed E-state index contributed by atoms with van der Waals surface area (Å²) in [5.41, 5.74) is 8.25. The second kappa shape index (κ2) is 7.27. The van der Waals surface area contributed by atoms with Crippen LogP contribution in [-0.2, 0) is 11.3 Å². The van der Waals surface area contributed by atoms with Gasteiger partial charge in [-0.3, -0.25) is 9.47 Å². The van der Waals surface area contributed by atoms with Gasteiger partial charge in [0.05, 0.1) is 13.2 Å². The Balaban J connectivity index is 1.47. The lowest BCUT2D eigenvalue weighted by Gasteiger charge is -2.26. The Kier molecular flexibility index (Phi) is 4.68. The first-order valence-electron chi connectivity index (χ1n) is 8.78. The van der Waals surface area contributed by atoms with Crippen molar-refractivity contribution in [3.05, 3.63) is 29.6 Å². The minimum Gasteiger partial charge on any atom is -0.493 e. The van der Waals surface area contributed by atoms with E-state index in [1.807, 2.05) is 12.1 Å². The van der Waals surface area contributed by atoms with Crippen LogP contribution in [0.3, 0.4) is 0 Å². The van der Waals surface area contributed by atoms with Crippen LogP contribution in [0, 0.1) is 0 Å². The van der Waals surface area contributed by atoms with Crippen molar-refractivity contribution in [3.63, 3.8) is 0 Å². The van der Waals surface area contributed by atoms with Gasteiger partial charge in [-0.05, 0) is 24.6 Å². The van der Waals surface area contributed by atoms with Gasteiger partial charge < -0.3 is 15.6 Å². The highest BCUT2D eigenvalue weighted by molar-refractivity contribution is 6.20. The van der Waals surface area contributed by atoms with Gasteiger partial charge in [0.1, 0.15) is 5.69 Å². The van der Waals surface area contributed by atoms with Crippen molar-refractivity contribution >= 4 is 29.6 Å². The lowest BCUT2D eigenvalue weighted by molar-refractivity contribution is 0.0369. The van der Waals surface area contributed by atoms with E-state index in [1.54, 1.807) is 23.1 Å². The number of aromatic nitrogens is 3. The molecule has 26 heavy (non-hydrogen) atoms. The van der Waals surface area contributed by atoms with Gasteiger partial charge in [0.15, 0.2) is 5.82 Å². The summed E-state index contributed by atoms with van der Waals surface area (Å²) in [5.74, 6) is 1.08. The Hall–Kier alpha value is -2.71. The molecule has 0 bridgehead atoms. The van der Waals surface area contributed by atoms with Gasteiger partial charge in [-0.1, -0.05) is 0 Å². The number of imidazole rings is 1. The predicted molar refractivity (Wildman–Crippen MR) is 100 cm³/mol. The van der Waals surface area contributed by atoms with Crippen LogP contribution < -0.4 is 5.73 Å². The van der Waals surface area contributed by atoms with Gasteiger partial charge in [-0.25, -0.2) is 15.0 Å². The van der Waals surface area contributed by atoms with Crippen molar-refractivity contribution in [3.8, 4) is 5.88 Å². The number of anilines is 1. The number of aromatic hydroxyl groups is 1. The number of hydrogen-bond donors (Lipinski definition) is 2. The number of ether oxygens (including phenoxy) is 1. The van der Waals surface area contributed by atoms with E-state index in [0.717, 1.165) is 50.4 Å². The quantitative estimate of drug-likeness (QED) is 0.845. The number of nitrogens with two attached hydrogens (primary N) is 1. The maximum Gasteiger partial charge on any atom is 0.220 e. The standard InChI is InChI=1S/C18H22N6O2/c19-18-22-15(11-13-12-21-16-14(13)3-1-4-20-16)17(25)24(18)6-2-5-23-7-9-26-10-8-23/h1,3-4,11-12,25H,2,5-10H2,(H2,19,22). The molecule has 0 spiro atoms. The molecule has 1 fully saturated rings. The first-order chi connectivity index (χ1) is 12.7. The Morgan fingerprint density at radius 2 is 2.12 bits per heavy atom. The Labute approximate surface area is 151 Å². The third-order valence-electron chi connectivity index (χ3n) is 4.67. The monoisotopic (exact) mass is 354 g/mol. The molecule has 8 nitrogen and oxygen atoms in total. The average molecular weight is 354 g/mol. The molecule has 0 aromatic carbocycles. The summed E-state index contributed by atoms with van der Waals surface area (Å²) in [4.78, 5) is 15.2. The van der Waals surface area contributed by atoms with E-state index in [4.69, 9.17) is 10.5 Å². The lowest BCUT2D eigenvalue weighted by atomic mass is 10.1. The zero-order valence-electron chi connectivity index (χ0n) is 14.5. The van der Waals surface area contributed by atoms with Crippen LogP contribution in [-0.4, -0.2) is 63.6 Å². The molecular weight excluding hydrogens is 332 g/mol. The van der Waals surface area contributed by atoms with E-state index < -0.39 is 0 Å². The molecule has 4 rings (SSSR count). The van der Waals surface area contributed by atoms with Crippen LogP contribution in [0.15, 0.2) is 23.3 Å². The highest BCUT2D eigenvalue weighted by atomic mass is 16.5. The predicted octanol–water partition coefficient (Wildman–Crippen LogP) is 1.54. The van der Waals surface area contributed by atoms with Crippen molar-refractivity contribution < 1.29 is 9.84 Å². The minimum absolute atomic E-state index is 0.0858. The topological polar surface area (TPSA) is 102 Å². The number of fused-ring (bicyclic) bond motifs is 1. The number of aliphatic imine (C=N–C) groups is 1. The molecule has 8 heteroatoms. The van der Waals surface area contributed by atoms with Crippen molar-refractivity contribution in [1.82, 2.24) is 19.4 Å². The molecule has 3 N–H and O–H groups in total. The number of nitrogen functional groups attached to an aromatic ring is 1. The molecule has 0 atom stereocenters.